The van der Waals surface area contributed by atoms with Gasteiger partial charge in [0.2, 0.25) is 0 Å². The molecule has 1 aromatic heterocycles. The van der Waals surface area contributed by atoms with Crippen LogP contribution in [0.15, 0.2) is 77.6 Å². The molecule has 174 valence electrons. The number of nitrogens with zero attached hydrogens (tertiary/aromatic N) is 3. The highest BCUT2D eigenvalue weighted by Gasteiger charge is 2.27. The van der Waals surface area contributed by atoms with Crippen LogP contribution in [0.4, 0.5) is 4.39 Å². The molecule has 1 heterocycles. The van der Waals surface area contributed by atoms with E-state index >= 15 is 0 Å². The van der Waals surface area contributed by atoms with E-state index in [1.807, 2.05) is 44.2 Å². The number of para-hydroxylation sites is 1. The molecule has 4 rings (SSSR count). The number of hydrogen-bond acceptors (Lipinski definition) is 3. The molecule has 1 unspecified atom stereocenters. The van der Waals surface area contributed by atoms with Gasteiger partial charge in [0.25, 0.3) is 11.5 Å². The zero-order valence-corrected chi connectivity index (χ0v) is 19.7. The third-order valence-electron chi connectivity index (χ3n) is 6.06. The normalized spacial score (nSPS) is 12.0. The number of carbonyl (C=O) groups excluding carboxylic acids is 1. The summed E-state index contributed by atoms with van der Waals surface area (Å²) in [5, 5.41) is 0.464. The Labute approximate surface area is 198 Å². The van der Waals surface area contributed by atoms with Crippen LogP contribution in [0.3, 0.4) is 0 Å². The maximum atomic E-state index is 13.6. The SMILES string of the molecule is CCCN(C(=O)c1ccc(CC)cc1)C(C)c1nc2ccccc2c(=O)n1-c1ccc(F)cc1. The summed E-state index contributed by atoms with van der Waals surface area (Å²) in [5.74, 6) is -0.0780. The molecule has 0 aliphatic carbocycles. The molecular formula is C28H28FN3O2. The minimum Gasteiger partial charge on any atom is -0.329 e. The molecule has 0 bridgehead atoms. The second-order valence-electron chi connectivity index (χ2n) is 8.33. The summed E-state index contributed by atoms with van der Waals surface area (Å²) in [6, 6.07) is 20.0. The molecular weight excluding hydrogens is 429 g/mol. The van der Waals surface area contributed by atoms with Crippen molar-refractivity contribution in [3.8, 4) is 5.69 Å². The van der Waals surface area contributed by atoms with Crippen LogP contribution in [-0.2, 0) is 6.42 Å². The van der Waals surface area contributed by atoms with Gasteiger partial charge in [-0.05, 0) is 73.9 Å². The van der Waals surface area contributed by atoms with Crippen LogP contribution in [0.25, 0.3) is 16.6 Å². The second-order valence-corrected chi connectivity index (χ2v) is 8.33. The van der Waals surface area contributed by atoms with Gasteiger partial charge in [-0.25, -0.2) is 9.37 Å². The van der Waals surface area contributed by atoms with E-state index in [0.29, 0.717) is 34.5 Å². The summed E-state index contributed by atoms with van der Waals surface area (Å²) in [4.78, 5) is 33.7. The number of carbonyl (C=O) groups is 1. The minimum atomic E-state index is -0.499. The molecule has 0 saturated heterocycles. The first-order valence-corrected chi connectivity index (χ1v) is 11.6. The smallest absolute Gasteiger partial charge is 0.266 e. The quantitative estimate of drug-likeness (QED) is 0.358. The van der Waals surface area contributed by atoms with Crippen molar-refractivity contribution in [3.63, 3.8) is 0 Å². The van der Waals surface area contributed by atoms with E-state index in [1.165, 1.54) is 16.7 Å². The largest absolute Gasteiger partial charge is 0.329 e. The lowest BCUT2D eigenvalue weighted by atomic mass is 10.1. The molecule has 0 fully saturated rings. The Morgan fingerprint density at radius 3 is 2.32 bits per heavy atom. The number of aromatic nitrogens is 2. The molecule has 0 radical (unpaired) electrons. The van der Waals surface area contributed by atoms with Crippen LogP contribution in [-0.4, -0.2) is 26.9 Å². The molecule has 5 nitrogen and oxygen atoms in total. The molecule has 1 amide bonds. The maximum Gasteiger partial charge on any atom is 0.266 e. The van der Waals surface area contributed by atoms with E-state index in [1.54, 1.807) is 35.2 Å². The number of amides is 1. The predicted molar refractivity (Wildman–Crippen MR) is 133 cm³/mol. The summed E-state index contributed by atoms with van der Waals surface area (Å²) < 4.78 is 15.1. The third kappa shape index (κ3) is 4.49. The number of benzene rings is 3. The van der Waals surface area contributed by atoms with E-state index < -0.39 is 11.9 Å². The molecule has 0 N–H and O–H groups in total. The summed E-state index contributed by atoms with van der Waals surface area (Å²) in [6.07, 6.45) is 1.64. The Hall–Kier alpha value is -3.80. The molecule has 6 heteroatoms. The van der Waals surface area contributed by atoms with Gasteiger partial charge in [-0.1, -0.05) is 38.1 Å². The van der Waals surface area contributed by atoms with Gasteiger partial charge in [0.1, 0.15) is 11.6 Å². The van der Waals surface area contributed by atoms with Crippen molar-refractivity contribution in [2.75, 3.05) is 6.54 Å². The Balaban J connectivity index is 1.86. The molecule has 34 heavy (non-hydrogen) atoms. The Bertz CT molecular complexity index is 1360. The zero-order valence-electron chi connectivity index (χ0n) is 19.7. The van der Waals surface area contributed by atoms with Gasteiger partial charge in [0, 0.05) is 12.1 Å². The lowest BCUT2D eigenvalue weighted by Gasteiger charge is -2.30. The van der Waals surface area contributed by atoms with E-state index in [2.05, 4.69) is 6.92 Å². The van der Waals surface area contributed by atoms with Gasteiger partial charge in [0.15, 0.2) is 0 Å². The molecule has 0 aliphatic heterocycles. The van der Waals surface area contributed by atoms with Crippen LogP contribution in [0.5, 0.6) is 0 Å². The molecule has 3 aromatic carbocycles. The third-order valence-corrected chi connectivity index (χ3v) is 6.06. The monoisotopic (exact) mass is 457 g/mol. The maximum absolute atomic E-state index is 13.6. The standard InChI is InChI=1S/C28H28FN3O2/c1-4-18-31(27(33)21-12-10-20(5-2)11-13-21)19(3)26-30-25-9-7-6-8-24(25)28(34)32(26)23-16-14-22(29)15-17-23/h6-17,19H,4-5,18H2,1-3H3. The highest BCUT2D eigenvalue weighted by atomic mass is 19.1. The fourth-order valence-electron chi connectivity index (χ4n) is 4.17. The first kappa shape index (κ1) is 23.4. The summed E-state index contributed by atoms with van der Waals surface area (Å²) in [5.41, 5.74) is 2.56. The number of aryl methyl sites for hydroxylation is 1. The lowest BCUT2D eigenvalue weighted by molar-refractivity contribution is 0.0681. The van der Waals surface area contributed by atoms with Crippen LogP contribution in [0.2, 0.25) is 0 Å². The molecule has 1 atom stereocenters. The molecule has 0 saturated carbocycles. The van der Waals surface area contributed by atoms with Crippen molar-refractivity contribution in [1.82, 2.24) is 14.5 Å². The number of halogens is 1. The minimum absolute atomic E-state index is 0.120. The van der Waals surface area contributed by atoms with Crippen molar-refractivity contribution in [1.29, 1.82) is 0 Å². The zero-order chi connectivity index (χ0) is 24.2. The van der Waals surface area contributed by atoms with Crippen molar-refractivity contribution < 1.29 is 9.18 Å². The second kappa shape index (κ2) is 10.00. The van der Waals surface area contributed by atoms with Crippen molar-refractivity contribution >= 4 is 16.8 Å². The number of rotatable bonds is 7. The predicted octanol–water partition coefficient (Wildman–Crippen LogP) is 5.70. The van der Waals surface area contributed by atoms with E-state index in [0.717, 1.165) is 18.4 Å². The summed E-state index contributed by atoms with van der Waals surface area (Å²) in [6.45, 7) is 6.46. The first-order valence-electron chi connectivity index (χ1n) is 11.6. The fourth-order valence-corrected chi connectivity index (χ4v) is 4.17. The highest BCUT2D eigenvalue weighted by Crippen LogP contribution is 2.25. The summed E-state index contributed by atoms with van der Waals surface area (Å²) in [7, 11) is 0. The molecule has 0 aliphatic rings. The number of hydrogen-bond donors (Lipinski definition) is 0. The Morgan fingerprint density at radius 2 is 1.68 bits per heavy atom. The molecule has 0 spiro atoms. The van der Waals surface area contributed by atoms with Gasteiger partial charge in [-0.2, -0.15) is 0 Å². The number of fused-ring (bicyclic) bond motifs is 1. The molecule has 4 aromatic rings. The van der Waals surface area contributed by atoms with Gasteiger partial charge >= 0.3 is 0 Å². The van der Waals surface area contributed by atoms with Crippen molar-refractivity contribution in [2.24, 2.45) is 0 Å². The first-order chi connectivity index (χ1) is 16.4. The lowest BCUT2D eigenvalue weighted by Crippen LogP contribution is -2.38. The van der Waals surface area contributed by atoms with Crippen molar-refractivity contribution in [3.05, 3.63) is 106 Å². The van der Waals surface area contributed by atoms with Crippen LogP contribution in [0.1, 0.15) is 55.0 Å². The average Bonchev–Trinajstić information content (AvgIpc) is 2.87. The Morgan fingerprint density at radius 1 is 1.00 bits per heavy atom. The Kier molecular flexibility index (Phi) is 6.87. The van der Waals surface area contributed by atoms with E-state index in [4.69, 9.17) is 4.98 Å². The average molecular weight is 458 g/mol. The van der Waals surface area contributed by atoms with Crippen LogP contribution >= 0.6 is 0 Å². The topological polar surface area (TPSA) is 55.2 Å². The van der Waals surface area contributed by atoms with Gasteiger partial charge in [-0.3, -0.25) is 14.2 Å². The van der Waals surface area contributed by atoms with Crippen LogP contribution < -0.4 is 5.56 Å². The fraction of sp³-hybridized carbons (Fsp3) is 0.250. The van der Waals surface area contributed by atoms with Crippen LogP contribution in [0, 0.1) is 5.82 Å². The van der Waals surface area contributed by atoms with Crippen molar-refractivity contribution in [2.45, 2.75) is 39.7 Å². The highest BCUT2D eigenvalue weighted by molar-refractivity contribution is 5.94. The van der Waals surface area contributed by atoms with E-state index in [9.17, 15) is 14.0 Å². The van der Waals surface area contributed by atoms with Gasteiger partial charge in [0.05, 0.1) is 22.6 Å². The summed E-state index contributed by atoms with van der Waals surface area (Å²) >= 11 is 0. The van der Waals surface area contributed by atoms with E-state index in [-0.39, 0.29) is 11.5 Å². The van der Waals surface area contributed by atoms with Gasteiger partial charge < -0.3 is 4.90 Å². The van der Waals surface area contributed by atoms with Gasteiger partial charge in [-0.15, -0.1) is 0 Å².